The Bertz CT molecular complexity index is 386. The third kappa shape index (κ3) is 3.78. The predicted molar refractivity (Wildman–Crippen MR) is 68.4 cm³/mol. The molecule has 5 nitrogen and oxygen atoms in total. The van der Waals surface area contributed by atoms with Crippen LogP contribution in [0.1, 0.15) is 24.8 Å². The van der Waals surface area contributed by atoms with Crippen molar-refractivity contribution in [1.29, 1.82) is 0 Å². The van der Waals surface area contributed by atoms with Gasteiger partial charge in [-0.2, -0.15) is 0 Å². The smallest absolute Gasteiger partial charge is 0.269 e. The largest absolute Gasteiger partial charge is 0.378 e. The first-order chi connectivity index (χ1) is 8.75. The molecule has 5 heteroatoms. The molecule has 18 heavy (non-hydrogen) atoms. The number of nitrogens with zero attached hydrogens (tertiary/aromatic N) is 1. The molecule has 1 aliphatic heterocycles. The van der Waals surface area contributed by atoms with E-state index in [4.69, 9.17) is 4.74 Å². The average molecular weight is 250 g/mol. The lowest BCUT2D eigenvalue weighted by Crippen LogP contribution is -2.19. The monoisotopic (exact) mass is 250 g/mol. The van der Waals surface area contributed by atoms with Crippen LogP contribution in [0.3, 0.4) is 0 Å². The second kappa shape index (κ2) is 6.47. The molecule has 1 unspecified atom stereocenters. The summed E-state index contributed by atoms with van der Waals surface area (Å²) in [7, 11) is 0. The normalized spacial score (nSPS) is 19.0. The predicted octanol–water partition coefficient (Wildman–Crippen LogP) is 2.25. The molecular formula is C13H18N2O3. The summed E-state index contributed by atoms with van der Waals surface area (Å²) >= 11 is 0. The van der Waals surface area contributed by atoms with E-state index in [1.54, 1.807) is 12.1 Å². The molecule has 0 aliphatic carbocycles. The first-order valence-corrected chi connectivity index (χ1v) is 6.31. The molecular weight excluding hydrogens is 232 g/mol. The quantitative estimate of drug-likeness (QED) is 0.478. The number of ether oxygens (including phenoxy) is 1. The molecule has 0 saturated carbocycles. The van der Waals surface area contributed by atoms with Crippen molar-refractivity contribution in [2.45, 2.75) is 31.9 Å². The van der Waals surface area contributed by atoms with Crippen molar-refractivity contribution in [3.05, 3.63) is 39.9 Å². The van der Waals surface area contributed by atoms with Crippen molar-refractivity contribution in [2.75, 3.05) is 13.2 Å². The maximum absolute atomic E-state index is 10.5. The highest BCUT2D eigenvalue weighted by Gasteiger charge is 2.14. The van der Waals surface area contributed by atoms with Crippen molar-refractivity contribution in [3.8, 4) is 0 Å². The van der Waals surface area contributed by atoms with Crippen LogP contribution in [-0.4, -0.2) is 24.2 Å². The van der Waals surface area contributed by atoms with Gasteiger partial charge in [0, 0.05) is 25.3 Å². The van der Waals surface area contributed by atoms with Crippen LogP contribution in [0.4, 0.5) is 5.69 Å². The van der Waals surface area contributed by atoms with Crippen molar-refractivity contribution < 1.29 is 9.66 Å². The molecule has 1 aliphatic rings. The molecule has 0 amide bonds. The second-order valence-electron chi connectivity index (χ2n) is 4.52. The van der Waals surface area contributed by atoms with E-state index in [1.807, 2.05) is 0 Å². The van der Waals surface area contributed by atoms with Crippen LogP contribution in [0.15, 0.2) is 24.3 Å². The molecule has 2 rings (SSSR count). The van der Waals surface area contributed by atoms with Crippen LogP contribution in [-0.2, 0) is 11.3 Å². The molecule has 1 atom stereocenters. The van der Waals surface area contributed by atoms with Crippen LogP contribution in [0.5, 0.6) is 0 Å². The van der Waals surface area contributed by atoms with Gasteiger partial charge in [0.2, 0.25) is 0 Å². The second-order valence-corrected chi connectivity index (χ2v) is 4.52. The zero-order valence-electron chi connectivity index (χ0n) is 10.3. The number of nitro benzene ring substituents is 1. The first kappa shape index (κ1) is 13.0. The number of benzene rings is 1. The zero-order chi connectivity index (χ0) is 12.8. The lowest BCUT2D eigenvalue weighted by atomic mass is 10.1. The Hall–Kier alpha value is -1.46. The Morgan fingerprint density at radius 2 is 2.17 bits per heavy atom. The summed E-state index contributed by atoms with van der Waals surface area (Å²) < 4.78 is 5.53. The molecule has 0 spiro atoms. The Morgan fingerprint density at radius 1 is 1.39 bits per heavy atom. The van der Waals surface area contributed by atoms with Crippen molar-refractivity contribution >= 4 is 5.69 Å². The van der Waals surface area contributed by atoms with Crippen molar-refractivity contribution in [3.63, 3.8) is 0 Å². The fraction of sp³-hybridized carbons (Fsp3) is 0.538. The maximum Gasteiger partial charge on any atom is 0.269 e. The fourth-order valence-electron chi connectivity index (χ4n) is 2.10. The van der Waals surface area contributed by atoms with Crippen LogP contribution in [0.25, 0.3) is 0 Å². The molecule has 98 valence electrons. The van der Waals surface area contributed by atoms with Gasteiger partial charge in [-0.1, -0.05) is 12.1 Å². The molecule has 1 saturated heterocycles. The fourth-order valence-corrected chi connectivity index (χ4v) is 2.10. The van der Waals surface area contributed by atoms with Crippen LogP contribution >= 0.6 is 0 Å². The summed E-state index contributed by atoms with van der Waals surface area (Å²) in [6.07, 6.45) is 3.79. The van der Waals surface area contributed by atoms with Crippen molar-refractivity contribution in [2.24, 2.45) is 0 Å². The minimum Gasteiger partial charge on any atom is -0.378 e. The Kier molecular flexibility index (Phi) is 4.66. The highest BCUT2D eigenvalue weighted by molar-refractivity contribution is 5.32. The standard InChI is InChI=1S/C13H18N2O3/c16-15(17)12-5-3-11(4-6-12)10-14-8-7-13-2-1-9-18-13/h3-6,13-14H,1-2,7-10H2. The van der Waals surface area contributed by atoms with E-state index >= 15 is 0 Å². The molecule has 0 aromatic heterocycles. The van der Waals surface area contributed by atoms with Gasteiger partial charge in [0.05, 0.1) is 11.0 Å². The van der Waals surface area contributed by atoms with Crippen LogP contribution < -0.4 is 5.32 Å². The Labute approximate surface area is 106 Å². The number of rotatable bonds is 6. The topological polar surface area (TPSA) is 64.4 Å². The van der Waals surface area contributed by atoms with Crippen LogP contribution in [0, 0.1) is 10.1 Å². The summed E-state index contributed by atoms with van der Waals surface area (Å²) in [5.74, 6) is 0. The first-order valence-electron chi connectivity index (χ1n) is 6.31. The van der Waals surface area contributed by atoms with E-state index in [9.17, 15) is 10.1 Å². The molecule has 1 N–H and O–H groups in total. The van der Waals surface area contributed by atoms with Gasteiger partial charge in [0.25, 0.3) is 5.69 Å². The summed E-state index contributed by atoms with van der Waals surface area (Å²) in [6, 6.07) is 6.66. The summed E-state index contributed by atoms with van der Waals surface area (Å²) in [5, 5.41) is 13.8. The van der Waals surface area contributed by atoms with Gasteiger partial charge < -0.3 is 10.1 Å². The zero-order valence-corrected chi connectivity index (χ0v) is 10.3. The lowest BCUT2D eigenvalue weighted by molar-refractivity contribution is -0.384. The van der Waals surface area contributed by atoms with E-state index in [1.165, 1.54) is 25.0 Å². The van der Waals surface area contributed by atoms with Gasteiger partial charge in [0.1, 0.15) is 0 Å². The highest BCUT2D eigenvalue weighted by Crippen LogP contribution is 2.15. The number of non-ortho nitro benzene ring substituents is 1. The Balaban J connectivity index is 1.68. The summed E-state index contributed by atoms with van der Waals surface area (Å²) in [4.78, 5) is 10.1. The van der Waals surface area contributed by atoms with Gasteiger partial charge in [-0.3, -0.25) is 10.1 Å². The molecule has 1 aromatic carbocycles. The lowest BCUT2D eigenvalue weighted by Gasteiger charge is -2.09. The average Bonchev–Trinajstić information content (AvgIpc) is 2.88. The van der Waals surface area contributed by atoms with E-state index in [2.05, 4.69) is 5.32 Å². The third-order valence-corrected chi connectivity index (χ3v) is 3.14. The Morgan fingerprint density at radius 3 is 2.78 bits per heavy atom. The molecule has 1 fully saturated rings. The summed E-state index contributed by atoms with van der Waals surface area (Å²) in [5.41, 5.74) is 1.20. The van der Waals surface area contributed by atoms with Gasteiger partial charge in [-0.05, 0) is 31.4 Å². The van der Waals surface area contributed by atoms with Crippen LogP contribution in [0.2, 0.25) is 0 Å². The number of nitrogens with one attached hydrogen (secondary N) is 1. The van der Waals surface area contributed by atoms with Crippen molar-refractivity contribution in [1.82, 2.24) is 5.32 Å². The van der Waals surface area contributed by atoms with Gasteiger partial charge in [-0.25, -0.2) is 0 Å². The third-order valence-electron chi connectivity index (χ3n) is 3.14. The highest BCUT2D eigenvalue weighted by atomic mass is 16.6. The van der Waals surface area contributed by atoms with E-state index in [0.717, 1.165) is 31.7 Å². The maximum atomic E-state index is 10.5. The van der Waals surface area contributed by atoms with E-state index in [0.29, 0.717) is 6.10 Å². The minimum absolute atomic E-state index is 0.137. The number of nitro groups is 1. The molecule has 0 bridgehead atoms. The molecule has 1 heterocycles. The van der Waals surface area contributed by atoms with Gasteiger partial charge >= 0.3 is 0 Å². The number of hydrogen-bond acceptors (Lipinski definition) is 4. The van der Waals surface area contributed by atoms with Gasteiger partial charge in [-0.15, -0.1) is 0 Å². The van der Waals surface area contributed by atoms with E-state index < -0.39 is 0 Å². The minimum atomic E-state index is -0.380. The van der Waals surface area contributed by atoms with E-state index in [-0.39, 0.29) is 10.6 Å². The molecule has 0 radical (unpaired) electrons. The summed E-state index contributed by atoms with van der Waals surface area (Å²) in [6.45, 7) is 2.55. The number of hydrogen-bond donors (Lipinski definition) is 1. The SMILES string of the molecule is O=[N+]([O-])c1ccc(CNCCC2CCCO2)cc1. The molecule has 1 aromatic rings. The van der Waals surface area contributed by atoms with Gasteiger partial charge in [0.15, 0.2) is 0 Å².